The Kier molecular flexibility index (Phi) is 4.73. The number of pyridine rings is 2. The van der Waals surface area contributed by atoms with Gasteiger partial charge in [-0.15, -0.1) is 0 Å². The van der Waals surface area contributed by atoms with E-state index in [1.807, 2.05) is 26.1 Å². The van der Waals surface area contributed by atoms with E-state index in [0.29, 0.717) is 0 Å². The monoisotopic (exact) mass is 375 g/mol. The van der Waals surface area contributed by atoms with Gasteiger partial charge in [-0.3, -0.25) is 4.98 Å². The molecule has 0 saturated carbocycles. The van der Waals surface area contributed by atoms with Crippen LogP contribution < -0.4 is 0 Å². The number of rotatable bonds is 5. The number of aryl methyl sites for hydroxylation is 3. The molecule has 4 rings (SSSR count). The average molecular weight is 375 g/mol. The Morgan fingerprint density at radius 3 is 2.61 bits per heavy atom. The SMILES string of the molecule is Cc1noc(C)c1-c1cc2c(cc(C)n2CCN(C)C)c(-c2cccnc2)n1. The van der Waals surface area contributed by atoms with E-state index in [-0.39, 0.29) is 0 Å². The van der Waals surface area contributed by atoms with Gasteiger partial charge in [0.05, 0.1) is 28.2 Å². The molecule has 6 nitrogen and oxygen atoms in total. The van der Waals surface area contributed by atoms with Crippen LogP contribution in [0.4, 0.5) is 0 Å². The lowest BCUT2D eigenvalue weighted by atomic mass is 10.0. The van der Waals surface area contributed by atoms with Gasteiger partial charge in [-0.1, -0.05) is 5.16 Å². The van der Waals surface area contributed by atoms with Crippen LogP contribution in [0.15, 0.2) is 41.2 Å². The fourth-order valence-electron chi connectivity index (χ4n) is 3.68. The highest BCUT2D eigenvalue weighted by Crippen LogP contribution is 2.35. The van der Waals surface area contributed by atoms with Gasteiger partial charge in [0, 0.05) is 42.1 Å². The topological polar surface area (TPSA) is 60.0 Å². The molecule has 0 saturated heterocycles. The predicted molar refractivity (Wildman–Crippen MR) is 111 cm³/mol. The third-order valence-corrected chi connectivity index (χ3v) is 5.10. The van der Waals surface area contributed by atoms with Crippen molar-refractivity contribution in [3.8, 4) is 22.5 Å². The smallest absolute Gasteiger partial charge is 0.143 e. The summed E-state index contributed by atoms with van der Waals surface area (Å²) < 4.78 is 7.77. The van der Waals surface area contributed by atoms with Crippen LogP contribution in [0.5, 0.6) is 0 Å². The average Bonchev–Trinajstić information content (AvgIpc) is 3.18. The maximum absolute atomic E-state index is 5.41. The van der Waals surface area contributed by atoms with Crippen molar-refractivity contribution in [3.63, 3.8) is 0 Å². The maximum Gasteiger partial charge on any atom is 0.143 e. The summed E-state index contributed by atoms with van der Waals surface area (Å²) in [6.45, 7) is 7.92. The van der Waals surface area contributed by atoms with Crippen molar-refractivity contribution in [2.75, 3.05) is 20.6 Å². The summed E-state index contributed by atoms with van der Waals surface area (Å²) >= 11 is 0. The normalized spacial score (nSPS) is 11.6. The van der Waals surface area contributed by atoms with Crippen LogP contribution in [-0.2, 0) is 6.54 Å². The van der Waals surface area contributed by atoms with Crippen LogP contribution >= 0.6 is 0 Å². The molecule has 144 valence electrons. The molecule has 0 aromatic carbocycles. The Labute approximate surface area is 164 Å². The molecule has 0 N–H and O–H groups in total. The zero-order valence-corrected chi connectivity index (χ0v) is 17.0. The van der Waals surface area contributed by atoms with Crippen molar-refractivity contribution < 1.29 is 4.52 Å². The van der Waals surface area contributed by atoms with Gasteiger partial charge < -0.3 is 14.0 Å². The van der Waals surface area contributed by atoms with E-state index >= 15 is 0 Å². The van der Waals surface area contributed by atoms with E-state index in [2.05, 4.69) is 58.8 Å². The molecule has 6 heteroatoms. The van der Waals surface area contributed by atoms with E-state index in [0.717, 1.165) is 52.4 Å². The minimum absolute atomic E-state index is 0.782. The van der Waals surface area contributed by atoms with Crippen LogP contribution in [0.3, 0.4) is 0 Å². The molecule has 4 aromatic heterocycles. The zero-order chi connectivity index (χ0) is 19.8. The highest BCUT2D eigenvalue weighted by atomic mass is 16.5. The first-order chi connectivity index (χ1) is 13.5. The second kappa shape index (κ2) is 7.20. The molecule has 0 radical (unpaired) electrons. The van der Waals surface area contributed by atoms with Crippen molar-refractivity contribution in [2.24, 2.45) is 0 Å². The molecule has 4 heterocycles. The van der Waals surface area contributed by atoms with Gasteiger partial charge in [-0.2, -0.15) is 0 Å². The Balaban J connectivity index is 2.00. The molecule has 0 atom stereocenters. The zero-order valence-electron chi connectivity index (χ0n) is 17.0. The summed E-state index contributed by atoms with van der Waals surface area (Å²) in [4.78, 5) is 11.5. The molecule has 0 aliphatic carbocycles. The minimum atomic E-state index is 0.782. The van der Waals surface area contributed by atoms with Gasteiger partial charge in [0.2, 0.25) is 0 Å². The highest BCUT2D eigenvalue weighted by Gasteiger charge is 2.19. The van der Waals surface area contributed by atoms with E-state index in [4.69, 9.17) is 9.51 Å². The van der Waals surface area contributed by atoms with Gasteiger partial charge in [0.25, 0.3) is 0 Å². The van der Waals surface area contributed by atoms with Gasteiger partial charge in [0.1, 0.15) is 5.76 Å². The quantitative estimate of drug-likeness (QED) is 0.522. The lowest BCUT2D eigenvalue weighted by molar-refractivity contribution is 0.385. The molecule has 28 heavy (non-hydrogen) atoms. The van der Waals surface area contributed by atoms with E-state index in [1.165, 1.54) is 11.2 Å². The number of hydrogen-bond acceptors (Lipinski definition) is 5. The number of aromatic nitrogens is 4. The second-order valence-corrected chi connectivity index (χ2v) is 7.47. The Hall–Kier alpha value is -2.99. The highest BCUT2D eigenvalue weighted by molar-refractivity contribution is 5.96. The molecule has 0 aliphatic rings. The number of nitrogens with zero attached hydrogens (tertiary/aromatic N) is 5. The van der Waals surface area contributed by atoms with Crippen molar-refractivity contribution in [1.29, 1.82) is 0 Å². The van der Waals surface area contributed by atoms with Crippen LogP contribution in [0.2, 0.25) is 0 Å². The Morgan fingerprint density at radius 1 is 1.14 bits per heavy atom. The van der Waals surface area contributed by atoms with Crippen molar-refractivity contribution in [3.05, 3.63) is 53.8 Å². The van der Waals surface area contributed by atoms with Crippen LogP contribution in [0.1, 0.15) is 17.1 Å². The number of hydrogen-bond donors (Lipinski definition) is 0. The van der Waals surface area contributed by atoms with Crippen LogP contribution in [-0.4, -0.2) is 45.2 Å². The number of likely N-dealkylation sites (N-methyl/N-ethyl adjacent to an activating group) is 1. The fraction of sp³-hybridized carbons (Fsp3) is 0.318. The molecular weight excluding hydrogens is 350 g/mol. The summed E-state index contributed by atoms with van der Waals surface area (Å²) in [6.07, 6.45) is 3.65. The maximum atomic E-state index is 5.41. The second-order valence-electron chi connectivity index (χ2n) is 7.47. The van der Waals surface area contributed by atoms with Crippen LogP contribution in [0.25, 0.3) is 33.4 Å². The first-order valence-electron chi connectivity index (χ1n) is 9.45. The number of fused-ring (bicyclic) bond motifs is 1. The largest absolute Gasteiger partial charge is 0.361 e. The molecule has 0 fully saturated rings. The van der Waals surface area contributed by atoms with E-state index in [1.54, 1.807) is 6.20 Å². The fourth-order valence-corrected chi connectivity index (χ4v) is 3.68. The Bertz CT molecular complexity index is 1110. The van der Waals surface area contributed by atoms with E-state index < -0.39 is 0 Å². The summed E-state index contributed by atoms with van der Waals surface area (Å²) in [7, 11) is 4.19. The Morgan fingerprint density at radius 2 is 1.96 bits per heavy atom. The van der Waals surface area contributed by atoms with Gasteiger partial charge in [-0.25, -0.2) is 4.98 Å². The third-order valence-electron chi connectivity index (χ3n) is 5.10. The molecule has 0 aliphatic heterocycles. The van der Waals surface area contributed by atoms with Gasteiger partial charge in [-0.05, 0) is 59.1 Å². The lowest BCUT2D eigenvalue weighted by Crippen LogP contribution is -2.18. The molecule has 4 aromatic rings. The van der Waals surface area contributed by atoms with Crippen molar-refractivity contribution in [1.82, 2.24) is 24.6 Å². The van der Waals surface area contributed by atoms with E-state index in [9.17, 15) is 0 Å². The summed E-state index contributed by atoms with van der Waals surface area (Å²) in [5.41, 5.74) is 7.03. The van der Waals surface area contributed by atoms with Crippen molar-refractivity contribution in [2.45, 2.75) is 27.3 Å². The summed E-state index contributed by atoms with van der Waals surface area (Å²) in [5, 5.41) is 5.26. The van der Waals surface area contributed by atoms with Gasteiger partial charge in [0.15, 0.2) is 0 Å². The molecule has 0 bridgehead atoms. The lowest BCUT2D eigenvalue weighted by Gasteiger charge is -2.14. The summed E-state index contributed by atoms with van der Waals surface area (Å²) in [5.74, 6) is 0.782. The standard InChI is InChI=1S/C22H25N5O/c1-14-11-18-20(27(14)10-9-26(4)5)12-19(21-15(2)25-28-16(21)3)24-22(18)17-7-6-8-23-13-17/h6-8,11-13H,9-10H2,1-5H3. The van der Waals surface area contributed by atoms with Crippen molar-refractivity contribution >= 4 is 10.9 Å². The molecular formula is C22H25N5O. The first kappa shape index (κ1) is 18.4. The third kappa shape index (κ3) is 3.20. The summed E-state index contributed by atoms with van der Waals surface area (Å²) in [6, 6.07) is 8.38. The first-order valence-corrected chi connectivity index (χ1v) is 9.45. The molecule has 0 amide bonds. The predicted octanol–water partition coefficient (Wildman–Crippen LogP) is 4.24. The van der Waals surface area contributed by atoms with Crippen LogP contribution in [0, 0.1) is 20.8 Å². The molecule has 0 unspecified atom stereocenters. The van der Waals surface area contributed by atoms with Gasteiger partial charge >= 0.3 is 0 Å². The molecule has 0 spiro atoms. The minimum Gasteiger partial charge on any atom is -0.361 e.